The molecule has 0 bridgehead atoms. The van der Waals surface area contributed by atoms with Gasteiger partial charge in [-0.15, -0.1) is 0 Å². The molecule has 0 unspecified atom stereocenters. The maximum Gasteiger partial charge on any atom is 0.250 e. The lowest BCUT2D eigenvalue weighted by molar-refractivity contribution is 1.04. The smallest absolute Gasteiger partial charge is 0.250 e. The van der Waals surface area contributed by atoms with Crippen LogP contribution in [0.3, 0.4) is 0 Å². The topological polar surface area (TPSA) is 87.1 Å². The number of para-hydroxylation sites is 2. The summed E-state index contributed by atoms with van der Waals surface area (Å²) in [5, 5.41) is 10.6. The second-order valence-electron chi connectivity index (χ2n) is 6.21. The zero-order valence-corrected chi connectivity index (χ0v) is 17.4. The number of benzene rings is 3. The van der Waals surface area contributed by atoms with Crippen LogP contribution in [-0.4, -0.2) is 21.2 Å². The summed E-state index contributed by atoms with van der Waals surface area (Å²) >= 11 is 3.42. The van der Waals surface area contributed by atoms with Crippen molar-refractivity contribution in [2.45, 2.75) is 0 Å². The number of hydrogen-bond acceptors (Lipinski definition) is 7. The Labute approximate surface area is 182 Å². The Hall–Kier alpha value is -3.78. The maximum absolute atomic E-state index is 4.46. The molecule has 0 fully saturated rings. The third kappa shape index (κ3) is 5.62. The van der Waals surface area contributed by atoms with Gasteiger partial charge in [0.1, 0.15) is 0 Å². The second kappa shape index (κ2) is 9.62. The molecular formula is C22H18BrN7. The van der Waals surface area contributed by atoms with Crippen molar-refractivity contribution >= 4 is 51.4 Å². The molecule has 148 valence electrons. The SMILES string of the molecule is Brc1ccc(C=NNc2nc(Nc3ccccc3)nc(Nc3ccccc3)n2)cc1. The van der Waals surface area contributed by atoms with Crippen molar-refractivity contribution in [2.24, 2.45) is 5.10 Å². The van der Waals surface area contributed by atoms with Crippen LogP contribution in [0.4, 0.5) is 29.2 Å². The van der Waals surface area contributed by atoms with E-state index >= 15 is 0 Å². The van der Waals surface area contributed by atoms with Crippen LogP contribution in [0.1, 0.15) is 5.56 Å². The summed E-state index contributed by atoms with van der Waals surface area (Å²) in [5.74, 6) is 1.11. The number of halogens is 1. The molecule has 0 aliphatic carbocycles. The van der Waals surface area contributed by atoms with E-state index in [-0.39, 0.29) is 0 Å². The molecule has 1 aromatic heterocycles. The summed E-state index contributed by atoms with van der Waals surface area (Å²) in [6, 6.07) is 27.2. The van der Waals surface area contributed by atoms with Crippen molar-refractivity contribution in [3.8, 4) is 0 Å². The molecule has 1 heterocycles. The molecule has 0 saturated heterocycles. The first-order valence-electron chi connectivity index (χ1n) is 9.19. The van der Waals surface area contributed by atoms with E-state index in [1.807, 2.05) is 84.9 Å². The summed E-state index contributed by atoms with van der Waals surface area (Å²) in [6.45, 7) is 0. The van der Waals surface area contributed by atoms with Gasteiger partial charge >= 0.3 is 0 Å². The van der Waals surface area contributed by atoms with Crippen molar-refractivity contribution in [1.29, 1.82) is 0 Å². The van der Waals surface area contributed by atoms with Crippen LogP contribution in [0.2, 0.25) is 0 Å². The van der Waals surface area contributed by atoms with Gasteiger partial charge in [-0.3, -0.25) is 0 Å². The molecule has 0 spiro atoms. The molecule has 0 aliphatic rings. The summed E-state index contributed by atoms with van der Waals surface area (Å²) < 4.78 is 1.01. The highest BCUT2D eigenvalue weighted by Gasteiger charge is 2.07. The first kappa shape index (κ1) is 19.5. The molecular weight excluding hydrogens is 442 g/mol. The summed E-state index contributed by atoms with van der Waals surface area (Å²) in [7, 11) is 0. The number of nitrogens with one attached hydrogen (secondary N) is 3. The molecule has 0 atom stereocenters. The molecule has 30 heavy (non-hydrogen) atoms. The number of nitrogens with zero attached hydrogens (tertiary/aromatic N) is 4. The normalized spacial score (nSPS) is 10.7. The number of anilines is 5. The number of rotatable bonds is 7. The minimum atomic E-state index is 0.315. The van der Waals surface area contributed by atoms with Crippen LogP contribution in [0, 0.1) is 0 Å². The van der Waals surface area contributed by atoms with Crippen LogP contribution in [-0.2, 0) is 0 Å². The Morgan fingerprint density at radius 2 is 1.13 bits per heavy atom. The van der Waals surface area contributed by atoms with Gasteiger partial charge in [0.15, 0.2) is 0 Å². The fourth-order valence-electron chi connectivity index (χ4n) is 2.55. The minimum Gasteiger partial charge on any atom is -0.324 e. The third-order valence-corrected chi connectivity index (χ3v) is 4.47. The molecule has 7 nitrogen and oxygen atoms in total. The maximum atomic E-state index is 4.46. The van der Waals surface area contributed by atoms with Gasteiger partial charge in [0.05, 0.1) is 6.21 Å². The van der Waals surface area contributed by atoms with E-state index in [4.69, 9.17) is 0 Å². The van der Waals surface area contributed by atoms with Gasteiger partial charge in [0, 0.05) is 15.8 Å². The largest absolute Gasteiger partial charge is 0.324 e. The van der Waals surface area contributed by atoms with Gasteiger partial charge < -0.3 is 10.6 Å². The highest BCUT2D eigenvalue weighted by Crippen LogP contribution is 2.18. The van der Waals surface area contributed by atoms with E-state index in [9.17, 15) is 0 Å². The van der Waals surface area contributed by atoms with Crippen LogP contribution in [0.15, 0.2) is 94.5 Å². The van der Waals surface area contributed by atoms with Gasteiger partial charge in [-0.05, 0) is 42.0 Å². The van der Waals surface area contributed by atoms with Crippen molar-refractivity contribution in [3.63, 3.8) is 0 Å². The van der Waals surface area contributed by atoms with E-state index < -0.39 is 0 Å². The molecule has 3 aromatic carbocycles. The lowest BCUT2D eigenvalue weighted by Gasteiger charge is -2.10. The van der Waals surface area contributed by atoms with Crippen molar-refractivity contribution < 1.29 is 0 Å². The number of hydrazone groups is 1. The molecule has 3 N–H and O–H groups in total. The van der Waals surface area contributed by atoms with Gasteiger partial charge in [0.25, 0.3) is 0 Å². The van der Waals surface area contributed by atoms with E-state index in [0.717, 1.165) is 21.4 Å². The molecule has 4 aromatic rings. The van der Waals surface area contributed by atoms with Crippen molar-refractivity contribution in [2.75, 3.05) is 16.1 Å². The van der Waals surface area contributed by atoms with Crippen molar-refractivity contribution in [1.82, 2.24) is 15.0 Å². The minimum absolute atomic E-state index is 0.315. The number of aromatic nitrogens is 3. The van der Waals surface area contributed by atoms with E-state index in [1.165, 1.54) is 0 Å². The molecule has 0 radical (unpaired) electrons. The first-order chi connectivity index (χ1) is 14.7. The van der Waals surface area contributed by atoms with Crippen LogP contribution in [0.5, 0.6) is 0 Å². The van der Waals surface area contributed by atoms with Gasteiger partial charge in [-0.2, -0.15) is 20.1 Å². The lowest BCUT2D eigenvalue weighted by Crippen LogP contribution is -2.07. The first-order valence-corrected chi connectivity index (χ1v) is 9.99. The lowest BCUT2D eigenvalue weighted by atomic mass is 10.2. The van der Waals surface area contributed by atoms with Crippen molar-refractivity contribution in [3.05, 3.63) is 95.0 Å². The fraction of sp³-hybridized carbons (Fsp3) is 0. The Bertz CT molecular complexity index is 1060. The predicted molar refractivity (Wildman–Crippen MR) is 125 cm³/mol. The summed E-state index contributed by atoms with van der Waals surface area (Å²) in [5.41, 5.74) is 5.57. The zero-order valence-electron chi connectivity index (χ0n) is 15.8. The van der Waals surface area contributed by atoms with E-state index in [0.29, 0.717) is 17.8 Å². The Balaban J connectivity index is 1.56. The van der Waals surface area contributed by atoms with E-state index in [1.54, 1.807) is 6.21 Å². The average Bonchev–Trinajstić information content (AvgIpc) is 2.76. The number of hydrogen-bond donors (Lipinski definition) is 3. The predicted octanol–water partition coefficient (Wildman–Crippen LogP) is 5.57. The van der Waals surface area contributed by atoms with Crippen LogP contribution >= 0.6 is 15.9 Å². The Kier molecular flexibility index (Phi) is 6.26. The third-order valence-electron chi connectivity index (χ3n) is 3.94. The monoisotopic (exact) mass is 459 g/mol. The zero-order chi connectivity index (χ0) is 20.6. The highest BCUT2D eigenvalue weighted by atomic mass is 79.9. The molecule has 0 amide bonds. The van der Waals surface area contributed by atoms with Crippen LogP contribution < -0.4 is 16.1 Å². The average molecular weight is 460 g/mol. The van der Waals surface area contributed by atoms with E-state index in [2.05, 4.69) is 52.0 Å². The summed E-state index contributed by atoms with van der Waals surface area (Å²) in [4.78, 5) is 13.3. The standard InChI is InChI=1S/C22H18BrN7/c23-17-13-11-16(12-14-17)15-24-30-22-28-20(25-18-7-3-1-4-8-18)27-21(29-22)26-19-9-5-2-6-10-19/h1-15H,(H3,25,26,27,28,29,30). The fourth-order valence-corrected chi connectivity index (χ4v) is 2.82. The van der Waals surface area contributed by atoms with Gasteiger partial charge in [0.2, 0.25) is 17.8 Å². The van der Waals surface area contributed by atoms with Gasteiger partial charge in [-0.1, -0.05) is 64.5 Å². The summed E-state index contributed by atoms with van der Waals surface area (Å²) in [6.07, 6.45) is 1.70. The molecule has 4 rings (SSSR count). The second-order valence-corrected chi connectivity index (χ2v) is 7.13. The Morgan fingerprint density at radius 3 is 1.67 bits per heavy atom. The molecule has 8 heteroatoms. The molecule has 0 saturated carbocycles. The van der Waals surface area contributed by atoms with Crippen LogP contribution in [0.25, 0.3) is 0 Å². The molecule has 0 aliphatic heterocycles. The van der Waals surface area contributed by atoms with Gasteiger partial charge in [-0.25, -0.2) is 5.43 Å². The Morgan fingerprint density at radius 1 is 0.633 bits per heavy atom. The quantitative estimate of drug-likeness (QED) is 0.247. The highest BCUT2D eigenvalue weighted by molar-refractivity contribution is 9.10.